The summed E-state index contributed by atoms with van der Waals surface area (Å²) in [7, 11) is 0. The van der Waals surface area contributed by atoms with E-state index in [1.807, 2.05) is 30.3 Å². The summed E-state index contributed by atoms with van der Waals surface area (Å²) in [6.45, 7) is 4.01. The SMILES string of the molecule is CC(C)C(=O)C(CCN)NC(=O)CNC(=O)C(CCN)c1ccccc1. The number of nitrogens with one attached hydrogen (secondary N) is 2. The van der Waals surface area contributed by atoms with Gasteiger partial charge in [0.25, 0.3) is 0 Å². The lowest BCUT2D eigenvalue weighted by molar-refractivity contribution is -0.130. The molecular weight excluding hydrogens is 332 g/mol. The zero-order chi connectivity index (χ0) is 19.5. The summed E-state index contributed by atoms with van der Waals surface area (Å²) in [6, 6.07) is 8.68. The van der Waals surface area contributed by atoms with Crippen molar-refractivity contribution in [3.63, 3.8) is 0 Å². The molecule has 1 rings (SSSR count). The van der Waals surface area contributed by atoms with Crippen LogP contribution in [0.3, 0.4) is 0 Å². The molecule has 2 amide bonds. The first-order chi connectivity index (χ1) is 12.4. The van der Waals surface area contributed by atoms with Crippen LogP contribution in [0.2, 0.25) is 0 Å². The smallest absolute Gasteiger partial charge is 0.239 e. The second-order valence-corrected chi connectivity index (χ2v) is 6.51. The molecule has 7 nitrogen and oxygen atoms in total. The third-order valence-corrected chi connectivity index (χ3v) is 4.10. The molecule has 0 bridgehead atoms. The molecule has 0 aliphatic rings. The number of ketones is 1. The molecule has 0 saturated carbocycles. The standard InChI is InChI=1S/C19H30N4O3/c1-13(2)18(25)16(9-11-21)23-17(24)12-22-19(26)15(8-10-20)14-6-4-3-5-7-14/h3-7,13,15-16H,8-12,20-21H2,1-2H3,(H,22,26)(H,23,24). The van der Waals surface area contributed by atoms with E-state index in [9.17, 15) is 14.4 Å². The molecule has 0 saturated heterocycles. The van der Waals surface area contributed by atoms with Crippen molar-refractivity contribution in [2.75, 3.05) is 19.6 Å². The van der Waals surface area contributed by atoms with Gasteiger partial charge in [0.05, 0.1) is 18.5 Å². The number of amides is 2. The largest absolute Gasteiger partial charge is 0.347 e. The number of rotatable bonds is 11. The highest BCUT2D eigenvalue weighted by Crippen LogP contribution is 2.18. The van der Waals surface area contributed by atoms with Crippen LogP contribution >= 0.6 is 0 Å². The lowest BCUT2D eigenvalue weighted by atomic mass is 9.95. The second kappa shape index (κ2) is 11.4. The third-order valence-electron chi connectivity index (χ3n) is 4.10. The number of nitrogens with two attached hydrogens (primary N) is 2. The molecule has 0 fully saturated rings. The van der Waals surface area contributed by atoms with Crippen molar-refractivity contribution >= 4 is 17.6 Å². The minimum atomic E-state index is -0.627. The summed E-state index contributed by atoms with van der Waals surface area (Å²) in [5, 5.41) is 5.29. The first kappa shape index (κ1) is 21.8. The summed E-state index contributed by atoms with van der Waals surface area (Å²) in [4.78, 5) is 36.7. The Bertz CT molecular complexity index is 590. The van der Waals surface area contributed by atoms with Gasteiger partial charge in [0, 0.05) is 5.92 Å². The topological polar surface area (TPSA) is 127 Å². The van der Waals surface area contributed by atoms with E-state index in [-0.39, 0.29) is 24.2 Å². The lowest BCUT2D eigenvalue weighted by Gasteiger charge is -2.20. The number of Topliss-reactive ketones (excluding diaryl/α,β-unsaturated/α-hetero) is 1. The lowest BCUT2D eigenvalue weighted by Crippen LogP contribution is -2.48. The molecule has 0 spiro atoms. The van der Waals surface area contributed by atoms with Gasteiger partial charge < -0.3 is 22.1 Å². The maximum atomic E-state index is 12.5. The van der Waals surface area contributed by atoms with Crippen LogP contribution in [-0.2, 0) is 14.4 Å². The molecule has 6 N–H and O–H groups in total. The molecular formula is C19H30N4O3. The molecule has 1 aromatic carbocycles. The Morgan fingerprint density at radius 1 is 1.00 bits per heavy atom. The quantitative estimate of drug-likeness (QED) is 0.450. The van der Waals surface area contributed by atoms with Crippen LogP contribution in [0.4, 0.5) is 0 Å². The average Bonchev–Trinajstić information content (AvgIpc) is 2.63. The zero-order valence-electron chi connectivity index (χ0n) is 15.5. The fourth-order valence-corrected chi connectivity index (χ4v) is 2.69. The van der Waals surface area contributed by atoms with Crippen LogP contribution < -0.4 is 22.1 Å². The van der Waals surface area contributed by atoms with Gasteiger partial charge >= 0.3 is 0 Å². The number of benzene rings is 1. The third kappa shape index (κ3) is 6.93. The summed E-state index contributed by atoms with van der Waals surface area (Å²) in [5.41, 5.74) is 12.0. The number of hydrogen-bond donors (Lipinski definition) is 4. The van der Waals surface area contributed by atoms with Crippen molar-refractivity contribution in [2.45, 2.75) is 38.6 Å². The van der Waals surface area contributed by atoms with Gasteiger partial charge in [-0.2, -0.15) is 0 Å². The van der Waals surface area contributed by atoms with Crippen LogP contribution in [0.1, 0.15) is 38.2 Å². The molecule has 7 heteroatoms. The van der Waals surface area contributed by atoms with Crippen LogP contribution in [0.15, 0.2) is 30.3 Å². The Labute approximate surface area is 154 Å². The van der Waals surface area contributed by atoms with Crippen molar-refractivity contribution in [2.24, 2.45) is 17.4 Å². The Hall–Kier alpha value is -2.25. The van der Waals surface area contributed by atoms with Crippen molar-refractivity contribution in [1.82, 2.24) is 10.6 Å². The number of carbonyl (C=O) groups excluding carboxylic acids is 3. The molecule has 0 aliphatic heterocycles. The van der Waals surface area contributed by atoms with E-state index >= 15 is 0 Å². The van der Waals surface area contributed by atoms with Gasteiger partial charge in [0.1, 0.15) is 0 Å². The number of hydrogen-bond acceptors (Lipinski definition) is 5. The van der Waals surface area contributed by atoms with Crippen molar-refractivity contribution in [1.29, 1.82) is 0 Å². The summed E-state index contributed by atoms with van der Waals surface area (Å²) in [6.07, 6.45) is 0.857. The molecule has 144 valence electrons. The highest BCUT2D eigenvalue weighted by Gasteiger charge is 2.24. The van der Waals surface area contributed by atoms with Crippen molar-refractivity contribution in [3.8, 4) is 0 Å². The van der Waals surface area contributed by atoms with E-state index in [2.05, 4.69) is 10.6 Å². The van der Waals surface area contributed by atoms with Crippen LogP contribution in [-0.4, -0.2) is 43.3 Å². The van der Waals surface area contributed by atoms with Crippen molar-refractivity contribution < 1.29 is 14.4 Å². The highest BCUT2D eigenvalue weighted by atomic mass is 16.2. The molecule has 0 aromatic heterocycles. The fraction of sp³-hybridized carbons (Fsp3) is 0.526. The normalized spacial score (nSPS) is 13.1. The predicted octanol–water partition coefficient (Wildman–Crippen LogP) is 0.294. The Morgan fingerprint density at radius 2 is 1.62 bits per heavy atom. The molecule has 2 atom stereocenters. The van der Waals surface area contributed by atoms with Crippen LogP contribution in [0.25, 0.3) is 0 Å². The average molecular weight is 362 g/mol. The molecule has 2 unspecified atom stereocenters. The Morgan fingerprint density at radius 3 is 2.15 bits per heavy atom. The zero-order valence-corrected chi connectivity index (χ0v) is 15.5. The van der Waals surface area contributed by atoms with E-state index in [4.69, 9.17) is 11.5 Å². The molecule has 0 aliphatic carbocycles. The molecule has 0 heterocycles. The highest BCUT2D eigenvalue weighted by molar-refractivity contribution is 5.92. The van der Waals surface area contributed by atoms with E-state index in [1.54, 1.807) is 13.8 Å². The molecule has 1 aromatic rings. The molecule has 26 heavy (non-hydrogen) atoms. The monoisotopic (exact) mass is 362 g/mol. The summed E-state index contributed by atoms with van der Waals surface area (Å²) >= 11 is 0. The maximum Gasteiger partial charge on any atom is 0.239 e. The number of carbonyl (C=O) groups is 3. The van der Waals surface area contributed by atoms with Gasteiger partial charge in [-0.1, -0.05) is 44.2 Å². The van der Waals surface area contributed by atoms with Crippen molar-refractivity contribution in [3.05, 3.63) is 35.9 Å². The summed E-state index contributed by atoms with van der Waals surface area (Å²) < 4.78 is 0. The van der Waals surface area contributed by atoms with E-state index < -0.39 is 17.9 Å². The van der Waals surface area contributed by atoms with Gasteiger partial charge in [-0.3, -0.25) is 14.4 Å². The van der Waals surface area contributed by atoms with Gasteiger partial charge in [-0.05, 0) is 31.5 Å². The second-order valence-electron chi connectivity index (χ2n) is 6.51. The first-order valence-electron chi connectivity index (χ1n) is 8.96. The van der Waals surface area contributed by atoms with Crippen LogP contribution in [0.5, 0.6) is 0 Å². The van der Waals surface area contributed by atoms with E-state index in [0.717, 1.165) is 5.56 Å². The Kier molecular flexibility index (Phi) is 9.54. The van der Waals surface area contributed by atoms with E-state index in [1.165, 1.54) is 0 Å². The minimum Gasteiger partial charge on any atom is -0.347 e. The molecule has 0 radical (unpaired) electrons. The van der Waals surface area contributed by atoms with E-state index in [0.29, 0.717) is 25.9 Å². The first-order valence-corrected chi connectivity index (χ1v) is 8.96. The van der Waals surface area contributed by atoms with Gasteiger partial charge in [-0.15, -0.1) is 0 Å². The van der Waals surface area contributed by atoms with Gasteiger partial charge in [0.15, 0.2) is 5.78 Å². The minimum absolute atomic E-state index is 0.0691. The van der Waals surface area contributed by atoms with Gasteiger partial charge in [-0.25, -0.2) is 0 Å². The Balaban J connectivity index is 2.63. The van der Waals surface area contributed by atoms with Crippen LogP contribution in [0, 0.1) is 5.92 Å². The summed E-state index contributed by atoms with van der Waals surface area (Å²) in [5.74, 6) is -1.35. The van der Waals surface area contributed by atoms with Gasteiger partial charge in [0.2, 0.25) is 11.8 Å². The maximum absolute atomic E-state index is 12.5. The predicted molar refractivity (Wildman–Crippen MR) is 101 cm³/mol. The fourth-order valence-electron chi connectivity index (χ4n) is 2.69.